The first-order valence-corrected chi connectivity index (χ1v) is 26.9. The molecule has 15 rings (SSSR count). The Morgan fingerprint density at radius 1 is 0.289 bits per heavy atom. The molecule has 2 heterocycles. The molecular formula is C73H47NOS. The number of hydrogen-bond acceptors (Lipinski definition) is 3. The highest BCUT2D eigenvalue weighted by Crippen LogP contribution is 2.57. The van der Waals surface area contributed by atoms with Crippen LogP contribution < -0.4 is 4.90 Å². The first kappa shape index (κ1) is 44.0. The second-order valence-electron chi connectivity index (χ2n) is 19.9. The van der Waals surface area contributed by atoms with Crippen molar-refractivity contribution in [2.45, 2.75) is 5.41 Å². The van der Waals surface area contributed by atoms with Crippen molar-refractivity contribution >= 4 is 70.5 Å². The lowest BCUT2D eigenvalue weighted by atomic mass is 9.68. The minimum absolute atomic E-state index is 0.481. The lowest BCUT2D eigenvalue weighted by molar-refractivity contribution is 0.669. The predicted octanol–water partition coefficient (Wildman–Crippen LogP) is 20.5. The zero-order chi connectivity index (χ0) is 50.2. The number of furan rings is 1. The van der Waals surface area contributed by atoms with Crippen LogP contribution in [0.3, 0.4) is 0 Å². The third kappa shape index (κ3) is 7.08. The first-order chi connectivity index (χ1) is 37.7. The summed E-state index contributed by atoms with van der Waals surface area (Å²) >= 11 is 1.88. The number of thiophene rings is 1. The molecule has 0 amide bonds. The monoisotopic (exact) mass is 985 g/mol. The van der Waals surface area contributed by atoms with E-state index in [1.54, 1.807) is 0 Å². The fourth-order valence-corrected chi connectivity index (χ4v) is 13.5. The summed E-state index contributed by atoms with van der Waals surface area (Å²) in [4.78, 5) is 2.42. The van der Waals surface area contributed by atoms with E-state index in [-0.39, 0.29) is 0 Å². The summed E-state index contributed by atoms with van der Waals surface area (Å²) in [6, 6.07) is 105. The number of rotatable bonds is 9. The number of anilines is 3. The molecule has 3 heteroatoms. The molecule has 12 aromatic carbocycles. The van der Waals surface area contributed by atoms with E-state index in [0.29, 0.717) is 0 Å². The van der Waals surface area contributed by atoms with E-state index >= 15 is 0 Å². The van der Waals surface area contributed by atoms with E-state index < -0.39 is 5.41 Å². The Hall–Kier alpha value is -9.54. The van der Waals surface area contributed by atoms with Crippen LogP contribution in [0.25, 0.3) is 97.7 Å². The Bertz CT molecular complexity index is 4470. The highest BCUT2D eigenvalue weighted by atomic mass is 32.1. The number of para-hydroxylation sites is 1. The maximum atomic E-state index is 6.18. The van der Waals surface area contributed by atoms with E-state index in [1.807, 2.05) is 23.5 Å². The van der Waals surface area contributed by atoms with E-state index in [9.17, 15) is 0 Å². The molecule has 1 aliphatic carbocycles. The molecule has 0 unspecified atom stereocenters. The van der Waals surface area contributed by atoms with Gasteiger partial charge in [0.2, 0.25) is 0 Å². The van der Waals surface area contributed by atoms with Crippen LogP contribution in [0.4, 0.5) is 17.1 Å². The van der Waals surface area contributed by atoms with Crippen molar-refractivity contribution in [2.75, 3.05) is 4.90 Å². The van der Waals surface area contributed by atoms with E-state index in [4.69, 9.17) is 4.42 Å². The van der Waals surface area contributed by atoms with Crippen LogP contribution in [0.1, 0.15) is 22.3 Å². The molecule has 0 spiro atoms. The van der Waals surface area contributed by atoms with Gasteiger partial charge in [-0.2, -0.15) is 0 Å². The van der Waals surface area contributed by atoms with Gasteiger partial charge in [0, 0.05) is 48.0 Å². The van der Waals surface area contributed by atoms with Crippen LogP contribution in [0.15, 0.2) is 290 Å². The topological polar surface area (TPSA) is 16.4 Å². The molecule has 2 nitrogen and oxygen atoms in total. The van der Waals surface area contributed by atoms with Gasteiger partial charge in [-0.05, 0) is 151 Å². The molecule has 76 heavy (non-hydrogen) atoms. The van der Waals surface area contributed by atoms with Crippen LogP contribution in [0.2, 0.25) is 0 Å². The standard InChI is InChI=1S/C73H47NOS/c1-3-20-55(21-4-1)73(56-22-5-2-6-23-56)67-29-10-7-24-61(67)65-47-59(41-42-68(65)73)74(57-37-32-48(33-38-57)50-16-13-18-52(44-50)53-36-43-70-66(46-53)62-25-8-11-30-69(62)75-70)58-39-34-49(35-40-58)51-17-14-19-54(45-51)60-27-15-28-64-63-26-9-12-31-71(63)76-72(60)64/h1-47H. The van der Waals surface area contributed by atoms with Crippen LogP contribution in [-0.2, 0) is 5.41 Å². The molecule has 0 radical (unpaired) electrons. The Kier molecular flexibility index (Phi) is 10.3. The molecule has 356 valence electrons. The Morgan fingerprint density at radius 3 is 1.51 bits per heavy atom. The van der Waals surface area contributed by atoms with Crippen LogP contribution in [-0.4, -0.2) is 0 Å². The molecule has 14 aromatic rings. The molecule has 0 fully saturated rings. The molecule has 0 bridgehead atoms. The molecule has 1 aliphatic rings. The zero-order valence-electron chi connectivity index (χ0n) is 41.4. The van der Waals surface area contributed by atoms with Gasteiger partial charge in [-0.3, -0.25) is 0 Å². The maximum absolute atomic E-state index is 6.18. The third-order valence-electron chi connectivity index (χ3n) is 15.8. The molecule has 0 atom stereocenters. The molecular weight excluding hydrogens is 939 g/mol. The maximum Gasteiger partial charge on any atom is 0.135 e. The van der Waals surface area contributed by atoms with Gasteiger partial charge in [0.1, 0.15) is 11.2 Å². The number of hydrogen-bond donors (Lipinski definition) is 0. The van der Waals surface area contributed by atoms with Crippen LogP contribution >= 0.6 is 11.3 Å². The van der Waals surface area contributed by atoms with Crippen molar-refractivity contribution in [3.05, 3.63) is 307 Å². The lowest BCUT2D eigenvalue weighted by Crippen LogP contribution is -2.28. The van der Waals surface area contributed by atoms with Gasteiger partial charge in [-0.25, -0.2) is 0 Å². The van der Waals surface area contributed by atoms with Gasteiger partial charge in [0.05, 0.1) is 5.41 Å². The largest absolute Gasteiger partial charge is 0.456 e. The molecule has 0 N–H and O–H groups in total. The van der Waals surface area contributed by atoms with Gasteiger partial charge in [0.15, 0.2) is 0 Å². The summed E-state index contributed by atoms with van der Waals surface area (Å²) in [5.41, 5.74) is 21.7. The summed E-state index contributed by atoms with van der Waals surface area (Å²) in [6.07, 6.45) is 0. The molecule has 2 aromatic heterocycles. The molecule has 0 saturated carbocycles. The minimum atomic E-state index is -0.481. The van der Waals surface area contributed by atoms with Crippen molar-refractivity contribution in [3.63, 3.8) is 0 Å². The van der Waals surface area contributed by atoms with E-state index in [2.05, 4.69) is 278 Å². The summed E-state index contributed by atoms with van der Waals surface area (Å²) in [5, 5.41) is 4.90. The lowest BCUT2D eigenvalue weighted by Gasteiger charge is -2.34. The van der Waals surface area contributed by atoms with Gasteiger partial charge >= 0.3 is 0 Å². The normalized spacial score (nSPS) is 12.6. The van der Waals surface area contributed by atoms with Crippen LogP contribution in [0.5, 0.6) is 0 Å². The van der Waals surface area contributed by atoms with Gasteiger partial charge in [-0.15, -0.1) is 11.3 Å². The van der Waals surface area contributed by atoms with Gasteiger partial charge < -0.3 is 9.32 Å². The van der Waals surface area contributed by atoms with Crippen molar-refractivity contribution in [3.8, 4) is 55.6 Å². The first-order valence-electron chi connectivity index (χ1n) is 26.0. The number of nitrogens with zero attached hydrogens (tertiary/aromatic N) is 1. The average Bonchev–Trinajstić information content (AvgIpc) is 4.22. The third-order valence-corrected chi connectivity index (χ3v) is 17.0. The van der Waals surface area contributed by atoms with Crippen molar-refractivity contribution < 1.29 is 4.42 Å². The van der Waals surface area contributed by atoms with Crippen molar-refractivity contribution in [2.24, 2.45) is 0 Å². The summed E-state index contributed by atoms with van der Waals surface area (Å²) in [7, 11) is 0. The van der Waals surface area contributed by atoms with Crippen LogP contribution in [0, 0.1) is 0 Å². The fraction of sp³-hybridized carbons (Fsp3) is 0.0137. The van der Waals surface area contributed by atoms with Crippen molar-refractivity contribution in [1.82, 2.24) is 0 Å². The molecule has 0 saturated heterocycles. The number of fused-ring (bicyclic) bond motifs is 9. The summed E-state index contributed by atoms with van der Waals surface area (Å²) in [5.74, 6) is 0. The van der Waals surface area contributed by atoms with Gasteiger partial charge in [0.25, 0.3) is 0 Å². The highest BCUT2D eigenvalue weighted by Gasteiger charge is 2.46. The Balaban J connectivity index is 0.837. The smallest absolute Gasteiger partial charge is 0.135 e. The summed E-state index contributed by atoms with van der Waals surface area (Å²) in [6.45, 7) is 0. The van der Waals surface area contributed by atoms with E-state index in [1.165, 1.54) is 81.4 Å². The fourth-order valence-electron chi connectivity index (χ4n) is 12.3. The average molecular weight is 986 g/mol. The minimum Gasteiger partial charge on any atom is -0.456 e. The second kappa shape index (κ2) is 17.8. The predicted molar refractivity (Wildman–Crippen MR) is 320 cm³/mol. The summed E-state index contributed by atoms with van der Waals surface area (Å²) < 4.78 is 8.82. The SMILES string of the molecule is c1ccc(C2(c3ccccc3)c3ccccc3-c3cc(N(c4ccc(-c5cccc(-c6ccc7oc8ccccc8c7c6)c5)cc4)c4ccc(-c5cccc(-c6cccc7c6sc6ccccc67)c5)cc4)ccc32)cc1. The van der Waals surface area contributed by atoms with E-state index in [0.717, 1.165) is 55.7 Å². The Labute approximate surface area is 445 Å². The highest BCUT2D eigenvalue weighted by molar-refractivity contribution is 7.26. The quantitative estimate of drug-likeness (QED) is 0.143. The number of benzene rings is 12. The Morgan fingerprint density at radius 2 is 0.789 bits per heavy atom. The zero-order valence-corrected chi connectivity index (χ0v) is 42.2. The second-order valence-corrected chi connectivity index (χ2v) is 21.0. The molecule has 0 aliphatic heterocycles. The van der Waals surface area contributed by atoms with Crippen molar-refractivity contribution in [1.29, 1.82) is 0 Å². The van der Waals surface area contributed by atoms with Gasteiger partial charge in [-0.1, -0.05) is 212 Å².